The second-order valence-electron chi connectivity index (χ2n) is 10.9. The minimum Gasteiger partial charge on any atom is -0.491 e. The number of carbonyl (C=O) groups is 1. The zero-order valence-electron chi connectivity index (χ0n) is 23.9. The first-order chi connectivity index (χ1) is 20.7. The van der Waals surface area contributed by atoms with Gasteiger partial charge in [0.2, 0.25) is 5.91 Å². The van der Waals surface area contributed by atoms with Crippen molar-refractivity contribution in [2.45, 2.75) is 51.6 Å². The highest BCUT2D eigenvalue weighted by Gasteiger charge is 2.36. The van der Waals surface area contributed by atoms with Crippen molar-refractivity contribution in [2.24, 2.45) is 0 Å². The Labute approximate surface area is 245 Å². The van der Waals surface area contributed by atoms with Crippen LogP contribution < -0.4 is 15.3 Å². The lowest BCUT2D eigenvalue weighted by molar-refractivity contribution is -0.129. The highest BCUT2D eigenvalue weighted by atomic mass is 19.1. The zero-order chi connectivity index (χ0) is 30.4. The number of rotatable bonds is 4. The van der Waals surface area contributed by atoms with Crippen LogP contribution in [0.5, 0.6) is 5.75 Å². The summed E-state index contributed by atoms with van der Waals surface area (Å²) in [5, 5.41) is 17.8. The van der Waals surface area contributed by atoms with E-state index in [1.54, 1.807) is 17.2 Å². The number of piperazine rings is 1. The molecule has 4 aromatic rings. The van der Waals surface area contributed by atoms with Gasteiger partial charge in [-0.1, -0.05) is 25.6 Å². The van der Waals surface area contributed by atoms with Gasteiger partial charge in [0, 0.05) is 37.8 Å². The standard InChI is InChI=1S/C29H29FN10O3/c1-5-23(41)38-14-17(4)37(15-19(38)6-9-31)26-20-12-21(30)28-34-27(20)39(29(42)35-26)25-22(7-10-32-24(25)16(2)3)43-11-8-18-13-33-36-40(18)28/h5,7,10,12-13,16-17,19H,1,6,8,11,14-15H2,2-4H3. The first kappa shape index (κ1) is 28.0. The van der Waals surface area contributed by atoms with Crippen LogP contribution in [0.4, 0.5) is 10.2 Å². The summed E-state index contributed by atoms with van der Waals surface area (Å²) in [7, 11) is 0. The van der Waals surface area contributed by atoms with E-state index in [-0.39, 0.29) is 66.7 Å². The predicted octanol–water partition coefficient (Wildman–Crippen LogP) is 2.46. The maximum atomic E-state index is 16.0. The third-order valence-corrected chi connectivity index (χ3v) is 7.80. The minimum atomic E-state index is -0.690. The summed E-state index contributed by atoms with van der Waals surface area (Å²) in [5.74, 6) is -0.611. The van der Waals surface area contributed by atoms with Crippen LogP contribution in [0.3, 0.4) is 0 Å². The molecule has 0 radical (unpaired) electrons. The van der Waals surface area contributed by atoms with Crippen molar-refractivity contribution in [3.8, 4) is 23.3 Å². The van der Waals surface area contributed by atoms with Crippen molar-refractivity contribution < 1.29 is 13.9 Å². The second-order valence-corrected chi connectivity index (χ2v) is 10.9. The lowest BCUT2D eigenvalue weighted by Crippen LogP contribution is -2.59. The molecule has 0 aromatic carbocycles. The first-order valence-corrected chi connectivity index (χ1v) is 13.9. The molecule has 6 rings (SSSR count). The summed E-state index contributed by atoms with van der Waals surface area (Å²) in [5.41, 5.74) is 1.00. The second kappa shape index (κ2) is 10.9. The fourth-order valence-electron chi connectivity index (χ4n) is 5.75. The summed E-state index contributed by atoms with van der Waals surface area (Å²) >= 11 is 0. The maximum absolute atomic E-state index is 16.0. The molecule has 13 nitrogen and oxygen atoms in total. The molecule has 2 atom stereocenters. The van der Waals surface area contributed by atoms with Gasteiger partial charge in [-0.3, -0.25) is 9.78 Å². The summed E-state index contributed by atoms with van der Waals surface area (Å²) in [6.45, 7) is 9.99. The lowest BCUT2D eigenvalue weighted by Gasteiger charge is -2.45. The Morgan fingerprint density at radius 2 is 2.12 bits per heavy atom. The number of hydrogen-bond acceptors (Lipinski definition) is 10. The number of ether oxygens (including phenoxy) is 1. The Balaban J connectivity index is 1.65. The van der Waals surface area contributed by atoms with Crippen LogP contribution in [-0.4, -0.2) is 77.1 Å². The van der Waals surface area contributed by atoms with E-state index >= 15 is 4.39 Å². The largest absolute Gasteiger partial charge is 0.491 e. The first-order valence-electron chi connectivity index (χ1n) is 13.9. The SMILES string of the molecule is C=CC(=O)N1CC(C)N(c2nc(=O)n3c4nc(c(F)cc24)-n2nncc2CCOc2ccnc(C(C)C)c2-3)CC1CC#N. The van der Waals surface area contributed by atoms with Crippen molar-refractivity contribution in [3.63, 3.8) is 0 Å². The molecule has 4 aromatic heterocycles. The molecule has 1 fully saturated rings. The number of anilines is 1. The van der Waals surface area contributed by atoms with Gasteiger partial charge in [0.25, 0.3) is 0 Å². The summed E-state index contributed by atoms with van der Waals surface area (Å²) < 4.78 is 24.8. The summed E-state index contributed by atoms with van der Waals surface area (Å²) in [6.07, 6.45) is 4.76. The van der Waals surface area contributed by atoms with E-state index in [4.69, 9.17) is 9.72 Å². The topological polar surface area (TPSA) is 148 Å². The van der Waals surface area contributed by atoms with Gasteiger partial charge in [-0.05, 0) is 25.0 Å². The number of amides is 1. The van der Waals surface area contributed by atoms with E-state index in [9.17, 15) is 14.9 Å². The van der Waals surface area contributed by atoms with Gasteiger partial charge in [0.1, 0.15) is 17.3 Å². The molecule has 2 bridgehead atoms. The molecule has 0 aliphatic carbocycles. The van der Waals surface area contributed by atoms with E-state index in [0.717, 1.165) is 0 Å². The summed E-state index contributed by atoms with van der Waals surface area (Å²) in [6, 6.07) is 4.27. The van der Waals surface area contributed by atoms with Crippen molar-refractivity contribution in [1.82, 2.24) is 39.4 Å². The lowest BCUT2D eigenvalue weighted by atomic mass is 10.0. The highest BCUT2D eigenvalue weighted by Crippen LogP contribution is 2.35. The van der Waals surface area contributed by atoms with E-state index in [2.05, 4.69) is 32.9 Å². The molecule has 0 spiro atoms. The Bertz CT molecular complexity index is 1860. The maximum Gasteiger partial charge on any atom is 0.356 e. The Kier molecular flexibility index (Phi) is 7.09. The third kappa shape index (κ3) is 4.66. The molecule has 2 aliphatic rings. The van der Waals surface area contributed by atoms with Crippen molar-refractivity contribution >= 4 is 22.8 Å². The Morgan fingerprint density at radius 3 is 2.86 bits per heavy atom. The average molecular weight is 585 g/mol. The number of aromatic nitrogens is 7. The normalized spacial score (nSPS) is 18.0. The monoisotopic (exact) mass is 584 g/mol. The number of fused-ring (bicyclic) bond motifs is 5. The molecule has 0 N–H and O–H groups in total. The van der Waals surface area contributed by atoms with Crippen LogP contribution in [0.2, 0.25) is 0 Å². The van der Waals surface area contributed by atoms with Crippen LogP contribution >= 0.6 is 0 Å². The molecule has 6 heterocycles. The van der Waals surface area contributed by atoms with Gasteiger partial charge in [-0.2, -0.15) is 14.9 Å². The molecule has 1 amide bonds. The van der Waals surface area contributed by atoms with Gasteiger partial charge < -0.3 is 14.5 Å². The predicted molar refractivity (Wildman–Crippen MR) is 154 cm³/mol. The highest BCUT2D eigenvalue weighted by molar-refractivity contribution is 5.90. The van der Waals surface area contributed by atoms with Crippen LogP contribution in [0, 0.1) is 17.1 Å². The molecule has 0 saturated carbocycles. The number of nitriles is 1. The number of carbonyl (C=O) groups excluding carboxylic acids is 1. The quantitative estimate of drug-likeness (QED) is 0.328. The van der Waals surface area contributed by atoms with Crippen molar-refractivity contribution in [2.75, 3.05) is 24.6 Å². The van der Waals surface area contributed by atoms with Crippen LogP contribution in [-0.2, 0) is 11.2 Å². The molecular formula is C29H29FN10O3. The van der Waals surface area contributed by atoms with Gasteiger partial charge in [0.15, 0.2) is 17.3 Å². The number of halogens is 1. The van der Waals surface area contributed by atoms with Crippen molar-refractivity contribution in [1.29, 1.82) is 5.26 Å². The van der Waals surface area contributed by atoms with Gasteiger partial charge in [-0.15, -0.1) is 5.10 Å². The van der Waals surface area contributed by atoms with E-state index in [1.165, 1.54) is 27.6 Å². The van der Waals surface area contributed by atoms with Crippen LogP contribution in [0.25, 0.3) is 22.5 Å². The molecule has 2 unspecified atom stereocenters. The van der Waals surface area contributed by atoms with E-state index in [1.807, 2.05) is 25.7 Å². The van der Waals surface area contributed by atoms with Crippen molar-refractivity contribution in [3.05, 3.63) is 64.9 Å². The third-order valence-electron chi connectivity index (χ3n) is 7.80. The van der Waals surface area contributed by atoms with Crippen LogP contribution in [0.1, 0.15) is 44.5 Å². The zero-order valence-corrected chi connectivity index (χ0v) is 23.9. The molecule has 2 aliphatic heterocycles. The number of hydrogen-bond donors (Lipinski definition) is 0. The smallest absolute Gasteiger partial charge is 0.356 e. The van der Waals surface area contributed by atoms with E-state index < -0.39 is 17.5 Å². The molecular weight excluding hydrogens is 555 g/mol. The molecule has 14 heteroatoms. The van der Waals surface area contributed by atoms with Gasteiger partial charge in [-0.25, -0.2) is 18.7 Å². The number of nitrogens with zero attached hydrogens (tertiary/aromatic N) is 10. The molecule has 43 heavy (non-hydrogen) atoms. The Morgan fingerprint density at radius 1 is 1.30 bits per heavy atom. The molecule has 220 valence electrons. The fraction of sp³-hybridized carbons (Fsp3) is 0.379. The number of pyridine rings is 2. The van der Waals surface area contributed by atoms with Gasteiger partial charge >= 0.3 is 5.69 Å². The average Bonchev–Trinajstić information content (AvgIpc) is 3.44. The Hall–Kier alpha value is -5.19. The van der Waals surface area contributed by atoms with Crippen LogP contribution in [0.15, 0.2) is 42.0 Å². The van der Waals surface area contributed by atoms with Gasteiger partial charge in [0.05, 0.1) is 48.1 Å². The summed E-state index contributed by atoms with van der Waals surface area (Å²) in [4.78, 5) is 43.9. The molecule has 1 saturated heterocycles. The minimum absolute atomic E-state index is 0.0533. The fourth-order valence-corrected chi connectivity index (χ4v) is 5.75. The van der Waals surface area contributed by atoms with E-state index in [0.29, 0.717) is 29.2 Å².